The van der Waals surface area contributed by atoms with Crippen molar-refractivity contribution in [3.63, 3.8) is 0 Å². The summed E-state index contributed by atoms with van der Waals surface area (Å²) in [6.07, 6.45) is 4.57. The number of nitrogens with zero attached hydrogens (tertiary/aromatic N) is 1. The third-order valence-electron chi connectivity index (χ3n) is 5.20. The first-order chi connectivity index (χ1) is 15.3. The number of hydrogen-bond acceptors (Lipinski definition) is 6. The molecule has 0 bridgehead atoms. The highest BCUT2D eigenvalue weighted by Gasteiger charge is 2.25. The van der Waals surface area contributed by atoms with Gasteiger partial charge in [0.05, 0.1) is 18.1 Å². The fraction of sp³-hybridized carbons (Fsp3) is 0.375. The molecule has 0 spiro atoms. The molecule has 32 heavy (non-hydrogen) atoms. The SMILES string of the molecule is C=CCOc1ccc(CN(CC2CCCO2)C(=O)c2cccc(S(C)(=O)=O)c2)cc1OC. The van der Waals surface area contributed by atoms with Crippen LogP contribution < -0.4 is 9.47 Å². The summed E-state index contributed by atoms with van der Waals surface area (Å²) in [7, 11) is -1.86. The molecule has 0 saturated carbocycles. The van der Waals surface area contributed by atoms with Crippen molar-refractivity contribution in [1.29, 1.82) is 0 Å². The molecular formula is C24H29NO6S. The summed E-state index contributed by atoms with van der Waals surface area (Å²) in [5.41, 5.74) is 1.18. The summed E-state index contributed by atoms with van der Waals surface area (Å²) in [4.78, 5) is 15.2. The third-order valence-corrected chi connectivity index (χ3v) is 6.31. The van der Waals surface area contributed by atoms with Crippen molar-refractivity contribution in [2.75, 3.05) is 33.1 Å². The van der Waals surface area contributed by atoms with Gasteiger partial charge in [-0.15, -0.1) is 0 Å². The second-order valence-electron chi connectivity index (χ2n) is 7.71. The first kappa shape index (κ1) is 23.8. The topological polar surface area (TPSA) is 82.1 Å². The van der Waals surface area contributed by atoms with E-state index in [-0.39, 0.29) is 16.9 Å². The van der Waals surface area contributed by atoms with Crippen LogP contribution in [-0.4, -0.2) is 58.5 Å². The number of sulfone groups is 1. The van der Waals surface area contributed by atoms with E-state index in [1.807, 2.05) is 12.1 Å². The number of hydrogen-bond donors (Lipinski definition) is 0. The number of ether oxygens (including phenoxy) is 3. The van der Waals surface area contributed by atoms with Crippen LogP contribution in [-0.2, 0) is 21.1 Å². The first-order valence-electron chi connectivity index (χ1n) is 10.4. The van der Waals surface area contributed by atoms with E-state index >= 15 is 0 Å². The highest BCUT2D eigenvalue weighted by molar-refractivity contribution is 7.90. The molecule has 1 heterocycles. The maximum Gasteiger partial charge on any atom is 0.254 e. The molecule has 7 nitrogen and oxygen atoms in total. The van der Waals surface area contributed by atoms with E-state index in [1.54, 1.807) is 36.3 Å². The van der Waals surface area contributed by atoms with Crippen molar-refractivity contribution in [3.8, 4) is 11.5 Å². The van der Waals surface area contributed by atoms with Gasteiger partial charge in [-0.1, -0.05) is 24.8 Å². The second kappa shape index (κ2) is 10.7. The lowest BCUT2D eigenvalue weighted by Crippen LogP contribution is -2.37. The normalized spacial score (nSPS) is 15.9. The minimum atomic E-state index is -3.42. The van der Waals surface area contributed by atoms with E-state index in [1.165, 1.54) is 12.1 Å². The van der Waals surface area contributed by atoms with Crippen molar-refractivity contribution in [2.24, 2.45) is 0 Å². The lowest BCUT2D eigenvalue weighted by Gasteiger charge is -2.26. The molecule has 1 aliphatic heterocycles. The number of carbonyl (C=O) groups is 1. The molecule has 0 aromatic heterocycles. The molecule has 2 aromatic carbocycles. The Morgan fingerprint density at radius 3 is 2.72 bits per heavy atom. The van der Waals surface area contributed by atoms with Crippen LogP contribution in [0.15, 0.2) is 60.0 Å². The number of carbonyl (C=O) groups excluding carboxylic acids is 1. The average molecular weight is 460 g/mol. The third kappa shape index (κ3) is 6.11. The van der Waals surface area contributed by atoms with Gasteiger partial charge in [0, 0.05) is 31.5 Å². The van der Waals surface area contributed by atoms with Crippen LogP contribution in [0.2, 0.25) is 0 Å². The largest absolute Gasteiger partial charge is 0.493 e. The van der Waals surface area contributed by atoms with Crippen LogP contribution in [0, 0.1) is 0 Å². The molecule has 1 saturated heterocycles. The molecular weight excluding hydrogens is 430 g/mol. The quantitative estimate of drug-likeness (QED) is 0.506. The standard InChI is InChI=1S/C24H29NO6S/c1-4-12-31-22-11-10-18(14-23(22)29-2)16-25(17-20-8-6-13-30-20)24(26)19-7-5-9-21(15-19)32(3,27)28/h4-5,7,9-11,14-15,20H,1,6,8,12-13,16-17H2,2-3H3. The van der Waals surface area contributed by atoms with Crippen molar-refractivity contribution in [3.05, 3.63) is 66.2 Å². The first-order valence-corrected chi connectivity index (χ1v) is 12.3. The van der Waals surface area contributed by atoms with Crippen molar-refractivity contribution in [2.45, 2.75) is 30.4 Å². The van der Waals surface area contributed by atoms with Gasteiger partial charge in [0.25, 0.3) is 5.91 Å². The molecule has 172 valence electrons. The average Bonchev–Trinajstić information content (AvgIpc) is 3.30. The van der Waals surface area contributed by atoms with E-state index in [0.29, 0.717) is 43.4 Å². The molecule has 3 rings (SSSR count). The predicted octanol–water partition coefficient (Wildman–Crippen LogP) is 3.48. The molecule has 1 fully saturated rings. The van der Waals surface area contributed by atoms with Gasteiger partial charge in [-0.2, -0.15) is 0 Å². The van der Waals surface area contributed by atoms with Crippen molar-refractivity contribution >= 4 is 15.7 Å². The van der Waals surface area contributed by atoms with Crippen LogP contribution in [0.4, 0.5) is 0 Å². The van der Waals surface area contributed by atoms with E-state index < -0.39 is 9.84 Å². The Kier molecular flexibility index (Phi) is 7.93. The molecule has 2 aromatic rings. The molecule has 1 unspecified atom stereocenters. The molecule has 0 N–H and O–H groups in total. The number of amides is 1. The Morgan fingerprint density at radius 2 is 2.06 bits per heavy atom. The van der Waals surface area contributed by atoms with E-state index in [2.05, 4.69) is 6.58 Å². The Bertz CT molecular complexity index is 1060. The maximum absolute atomic E-state index is 13.4. The minimum Gasteiger partial charge on any atom is -0.493 e. The summed E-state index contributed by atoms with van der Waals surface area (Å²) < 4.78 is 40.7. The van der Waals surface area contributed by atoms with Crippen LogP contribution in [0.1, 0.15) is 28.8 Å². The number of methoxy groups -OCH3 is 1. The Morgan fingerprint density at radius 1 is 1.25 bits per heavy atom. The Hall–Kier alpha value is -2.84. The summed E-state index contributed by atoms with van der Waals surface area (Å²) in [5.74, 6) is 0.902. The molecule has 0 aliphatic carbocycles. The highest BCUT2D eigenvalue weighted by Crippen LogP contribution is 2.29. The monoisotopic (exact) mass is 459 g/mol. The summed E-state index contributed by atoms with van der Waals surface area (Å²) in [6.45, 7) is 5.42. The van der Waals surface area contributed by atoms with Gasteiger partial charge < -0.3 is 19.1 Å². The number of rotatable bonds is 10. The maximum atomic E-state index is 13.4. The lowest BCUT2D eigenvalue weighted by molar-refractivity contribution is 0.0507. The van der Waals surface area contributed by atoms with Gasteiger partial charge in [0.15, 0.2) is 21.3 Å². The van der Waals surface area contributed by atoms with Crippen molar-refractivity contribution < 1.29 is 27.4 Å². The smallest absolute Gasteiger partial charge is 0.254 e. The van der Waals surface area contributed by atoms with E-state index in [0.717, 1.165) is 24.7 Å². The van der Waals surface area contributed by atoms with E-state index in [4.69, 9.17) is 14.2 Å². The van der Waals surface area contributed by atoms with Crippen LogP contribution in [0.25, 0.3) is 0 Å². The molecule has 1 aliphatic rings. The minimum absolute atomic E-state index is 0.0471. The van der Waals surface area contributed by atoms with Gasteiger partial charge in [-0.05, 0) is 48.7 Å². The molecule has 1 atom stereocenters. The molecule has 8 heteroatoms. The number of benzene rings is 2. The summed E-state index contributed by atoms with van der Waals surface area (Å²) in [5, 5.41) is 0. The van der Waals surface area contributed by atoms with Crippen LogP contribution in [0.5, 0.6) is 11.5 Å². The van der Waals surface area contributed by atoms with Gasteiger partial charge >= 0.3 is 0 Å². The highest BCUT2D eigenvalue weighted by atomic mass is 32.2. The Balaban J connectivity index is 1.87. The van der Waals surface area contributed by atoms with Crippen LogP contribution in [0.3, 0.4) is 0 Å². The zero-order valence-corrected chi connectivity index (χ0v) is 19.3. The summed E-state index contributed by atoms with van der Waals surface area (Å²) in [6, 6.07) is 11.6. The second-order valence-corrected chi connectivity index (χ2v) is 9.72. The summed E-state index contributed by atoms with van der Waals surface area (Å²) >= 11 is 0. The van der Waals surface area contributed by atoms with Gasteiger partial charge in [0.1, 0.15) is 6.61 Å². The zero-order valence-electron chi connectivity index (χ0n) is 18.5. The van der Waals surface area contributed by atoms with Crippen LogP contribution >= 0.6 is 0 Å². The fourth-order valence-electron chi connectivity index (χ4n) is 3.59. The molecule has 0 radical (unpaired) electrons. The van der Waals surface area contributed by atoms with E-state index in [9.17, 15) is 13.2 Å². The van der Waals surface area contributed by atoms with Gasteiger partial charge in [-0.25, -0.2) is 8.42 Å². The predicted molar refractivity (Wildman–Crippen MR) is 122 cm³/mol. The van der Waals surface area contributed by atoms with Gasteiger partial charge in [-0.3, -0.25) is 4.79 Å². The zero-order chi connectivity index (χ0) is 23.1. The molecule has 1 amide bonds. The Labute approximate surface area is 189 Å². The van der Waals surface area contributed by atoms with Gasteiger partial charge in [0.2, 0.25) is 0 Å². The fourth-order valence-corrected chi connectivity index (χ4v) is 4.26. The lowest BCUT2D eigenvalue weighted by atomic mass is 10.1. The van der Waals surface area contributed by atoms with Crippen molar-refractivity contribution in [1.82, 2.24) is 4.90 Å².